The standard InChI is InChI=1S/C20H28FN3O2.2ClH/c21-17-3-1-2-16(14-17)18(23-10-12-26-13-11-23)19(25)24-8-5-20(6-9-24)4-7-22-15-20;;/h1-3,14,18,22H,4-13,15H2;2*1H. The maximum Gasteiger partial charge on any atom is 0.244 e. The van der Waals surface area contributed by atoms with Crippen LogP contribution in [0.2, 0.25) is 0 Å². The number of nitrogens with one attached hydrogen (secondary N) is 1. The van der Waals surface area contributed by atoms with Crippen LogP contribution in [0.5, 0.6) is 0 Å². The Kier molecular flexibility index (Phi) is 8.52. The fourth-order valence-electron chi connectivity index (χ4n) is 4.62. The number of hydrogen-bond acceptors (Lipinski definition) is 4. The molecule has 1 amide bonds. The van der Waals surface area contributed by atoms with Gasteiger partial charge in [-0.2, -0.15) is 0 Å². The molecule has 0 radical (unpaired) electrons. The first-order valence-electron chi connectivity index (χ1n) is 9.74. The normalized spacial score (nSPS) is 23.0. The van der Waals surface area contributed by atoms with Gasteiger partial charge >= 0.3 is 0 Å². The Balaban J connectivity index is 0.00000140. The highest BCUT2D eigenvalue weighted by Gasteiger charge is 2.40. The van der Waals surface area contributed by atoms with Crippen molar-refractivity contribution in [2.45, 2.75) is 25.3 Å². The van der Waals surface area contributed by atoms with Crippen molar-refractivity contribution < 1.29 is 13.9 Å². The van der Waals surface area contributed by atoms with Gasteiger partial charge in [0.25, 0.3) is 0 Å². The van der Waals surface area contributed by atoms with Crippen molar-refractivity contribution in [2.75, 3.05) is 52.5 Å². The van der Waals surface area contributed by atoms with E-state index < -0.39 is 6.04 Å². The summed E-state index contributed by atoms with van der Waals surface area (Å²) in [5.41, 5.74) is 1.13. The van der Waals surface area contributed by atoms with Crippen LogP contribution in [0.15, 0.2) is 24.3 Å². The Hall–Kier alpha value is -0.920. The molecule has 0 aromatic heterocycles. The van der Waals surface area contributed by atoms with Crippen molar-refractivity contribution >= 4 is 30.7 Å². The number of piperidine rings is 1. The number of likely N-dealkylation sites (tertiary alicyclic amines) is 1. The summed E-state index contributed by atoms with van der Waals surface area (Å²) in [5.74, 6) is -0.179. The smallest absolute Gasteiger partial charge is 0.244 e. The predicted molar refractivity (Wildman–Crippen MR) is 112 cm³/mol. The summed E-state index contributed by atoms with van der Waals surface area (Å²) in [6.45, 7) is 6.41. The molecule has 158 valence electrons. The van der Waals surface area contributed by atoms with Crippen LogP contribution in [0.4, 0.5) is 4.39 Å². The highest BCUT2D eigenvalue weighted by Crippen LogP contribution is 2.38. The largest absolute Gasteiger partial charge is 0.379 e. The highest BCUT2D eigenvalue weighted by atomic mass is 35.5. The summed E-state index contributed by atoms with van der Waals surface area (Å²) in [6.07, 6.45) is 3.33. The minimum atomic E-state index is -0.412. The van der Waals surface area contributed by atoms with Gasteiger partial charge in [0.2, 0.25) is 5.91 Å². The number of benzene rings is 1. The predicted octanol–water partition coefficient (Wildman–Crippen LogP) is 2.64. The van der Waals surface area contributed by atoms with Crippen molar-refractivity contribution in [3.8, 4) is 0 Å². The number of nitrogens with zero attached hydrogens (tertiary/aromatic N) is 2. The van der Waals surface area contributed by atoms with Gasteiger partial charge in [-0.25, -0.2) is 4.39 Å². The van der Waals surface area contributed by atoms with Crippen LogP contribution in [0, 0.1) is 11.2 Å². The summed E-state index contributed by atoms with van der Waals surface area (Å²) in [7, 11) is 0. The summed E-state index contributed by atoms with van der Waals surface area (Å²) >= 11 is 0. The Morgan fingerprint density at radius 1 is 1.11 bits per heavy atom. The molecule has 0 aliphatic carbocycles. The number of halogens is 3. The van der Waals surface area contributed by atoms with Crippen LogP contribution in [-0.4, -0.2) is 68.2 Å². The quantitative estimate of drug-likeness (QED) is 0.795. The molecular formula is C20H30Cl2FN3O2. The van der Waals surface area contributed by atoms with Gasteiger partial charge in [-0.3, -0.25) is 9.69 Å². The van der Waals surface area contributed by atoms with E-state index in [1.807, 2.05) is 11.0 Å². The number of amides is 1. The first-order chi connectivity index (χ1) is 12.7. The van der Waals surface area contributed by atoms with Gasteiger partial charge in [0.05, 0.1) is 13.2 Å². The number of carbonyl (C=O) groups excluding carboxylic acids is 1. The zero-order chi connectivity index (χ0) is 18.0. The van der Waals surface area contributed by atoms with Crippen molar-refractivity contribution in [1.82, 2.24) is 15.1 Å². The van der Waals surface area contributed by atoms with E-state index in [2.05, 4.69) is 10.2 Å². The zero-order valence-corrected chi connectivity index (χ0v) is 17.7. The monoisotopic (exact) mass is 433 g/mol. The molecule has 1 atom stereocenters. The first kappa shape index (κ1) is 23.4. The molecule has 3 fully saturated rings. The molecule has 3 aliphatic heterocycles. The maximum atomic E-state index is 13.8. The second-order valence-electron chi connectivity index (χ2n) is 7.86. The van der Waals surface area contributed by atoms with E-state index in [1.54, 1.807) is 6.07 Å². The average molecular weight is 434 g/mol. The van der Waals surface area contributed by atoms with Crippen LogP contribution in [0.1, 0.15) is 30.9 Å². The Bertz CT molecular complexity index is 642. The Morgan fingerprint density at radius 2 is 1.82 bits per heavy atom. The Morgan fingerprint density at radius 3 is 2.43 bits per heavy atom. The molecule has 3 heterocycles. The molecule has 1 spiro atoms. The van der Waals surface area contributed by atoms with Gasteiger partial charge in [-0.1, -0.05) is 12.1 Å². The SMILES string of the molecule is Cl.Cl.O=C(C(c1cccc(F)c1)N1CCOCC1)N1CCC2(CCNC2)CC1. The Labute approximate surface area is 178 Å². The van der Waals surface area contributed by atoms with Gasteiger partial charge in [0.15, 0.2) is 0 Å². The minimum absolute atomic E-state index is 0. The molecule has 1 N–H and O–H groups in total. The van der Waals surface area contributed by atoms with E-state index in [1.165, 1.54) is 18.6 Å². The summed E-state index contributed by atoms with van der Waals surface area (Å²) in [4.78, 5) is 17.6. The topological polar surface area (TPSA) is 44.8 Å². The average Bonchev–Trinajstić information content (AvgIpc) is 3.11. The van der Waals surface area contributed by atoms with E-state index >= 15 is 0 Å². The summed E-state index contributed by atoms with van der Waals surface area (Å²) < 4.78 is 19.3. The van der Waals surface area contributed by atoms with E-state index in [-0.39, 0.29) is 36.5 Å². The van der Waals surface area contributed by atoms with E-state index in [9.17, 15) is 9.18 Å². The van der Waals surface area contributed by atoms with Crippen molar-refractivity contribution in [3.05, 3.63) is 35.6 Å². The van der Waals surface area contributed by atoms with E-state index in [0.29, 0.717) is 31.7 Å². The van der Waals surface area contributed by atoms with Gasteiger partial charge in [0, 0.05) is 32.7 Å². The lowest BCUT2D eigenvalue weighted by atomic mass is 9.77. The molecule has 1 aromatic carbocycles. The zero-order valence-electron chi connectivity index (χ0n) is 16.1. The van der Waals surface area contributed by atoms with Crippen molar-refractivity contribution in [1.29, 1.82) is 0 Å². The molecule has 3 aliphatic rings. The van der Waals surface area contributed by atoms with Gasteiger partial charge in [0.1, 0.15) is 11.9 Å². The van der Waals surface area contributed by atoms with E-state index in [0.717, 1.165) is 44.6 Å². The molecule has 0 saturated carbocycles. The molecule has 1 aromatic rings. The number of carbonyl (C=O) groups is 1. The van der Waals surface area contributed by atoms with Crippen LogP contribution < -0.4 is 5.32 Å². The lowest BCUT2D eigenvalue weighted by Gasteiger charge is -2.42. The fourth-order valence-corrected chi connectivity index (χ4v) is 4.62. The van der Waals surface area contributed by atoms with Gasteiger partial charge in [-0.05, 0) is 48.9 Å². The lowest BCUT2D eigenvalue weighted by Crippen LogP contribution is -2.50. The molecule has 4 rings (SSSR count). The highest BCUT2D eigenvalue weighted by molar-refractivity contribution is 5.85. The maximum absolute atomic E-state index is 13.8. The van der Waals surface area contributed by atoms with Gasteiger partial charge < -0.3 is 15.0 Å². The van der Waals surface area contributed by atoms with E-state index in [4.69, 9.17) is 4.74 Å². The molecule has 0 bridgehead atoms. The lowest BCUT2D eigenvalue weighted by molar-refractivity contribution is -0.141. The number of hydrogen-bond donors (Lipinski definition) is 1. The molecular weight excluding hydrogens is 404 g/mol. The molecule has 5 nitrogen and oxygen atoms in total. The second kappa shape index (κ2) is 10.2. The van der Waals surface area contributed by atoms with Gasteiger partial charge in [-0.15, -0.1) is 24.8 Å². The van der Waals surface area contributed by atoms with Crippen LogP contribution in [0.25, 0.3) is 0 Å². The number of morpholine rings is 1. The number of rotatable bonds is 3. The summed E-state index contributed by atoms with van der Waals surface area (Å²) in [6, 6.07) is 6.09. The molecule has 28 heavy (non-hydrogen) atoms. The molecule has 3 saturated heterocycles. The fraction of sp³-hybridized carbons (Fsp3) is 0.650. The number of ether oxygens (including phenoxy) is 1. The van der Waals surface area contributed by atoms with Crippen LogP contribution in [-0.2, 0) is 9.53 Å². The minimum Gasteiger partial charge on any atom is -0.379 e. The molecule has 1 unspecified atom stereocenters. The second-order valence-corrected chi connectivity index (χ2v) is 7.86. The summed E-state index contributed by atoms with van der Waals surface area (Å²) in [5, 5.41) is 3.47. The van der Waals surface area contributed by atoms with Crippen LogP contribution >= 0.6 is 24.8 Å². The third kappa shape index (κ3) is 4.97. The first-order valence-corrected chi connectivity index (χ1v) is 9.74. The third-order valence-electron chi connectivity index (χ3n) is 6.28. The van der Waals surface area contributed by atoms with Crippen LogP contribution in [0.3, 0.4) is 0 Å². The van der Waals surface area contributed by atoms with Crippen molar-refractivity contribution in [2.24, 2.45) is 5.41 Å². The third-order valence-corrected chi connectivity index (χ3v) is 6.28. The molecule has 8 heteroatoms. The van der Waals surface area contributed by atoms with Crippen molar-refractivity contribution in [3.63, 3.8) is 0 Å².